The van der Waals surface area contributed by atoms with Crippen LogP contribution in [-0.4, -0.2) is 53.8 Å². The number of benzene rings is 1. The Hall–Kier alpha value is -2.15. The Bertz CT molecular complexity index is 591. The van der Waals surface area contributed by atoms with Gasteiger partial charge < -0.3 is 19.5 Å². The third-order valence-electron chi connectivity index (χ3n) is 3.69. The summed E-state index contributed by atoms with van der Waals surface area (Å²) in [5, 5.41) is 9.14. The molecule has 0 spiro atoms. The smallest absolute Gasteiger partial charge is 0.328 e. The summed E-state index contributed by atoms with van der Waals surface area (Å²) in [6.45, 7) is 0.424. The largest absolute Gasteiger partial charge is 0.480 e. The van der Waals surface area contributed by atoms with E-state index in [9.17, 15) is 14.0 Å². The fourth-order valence-corrected chi connectivity index (χ4v) is 2.62. The number of carboxylic acid groups (broad SMARTS) is 1. The molecule has 1 aromatic carbocycles. The first-order valence-corrected chi connectivity index (χ1v) is 6.63. The van der Waals surface area contributed by atoms with E-state index < -0.39 is 29.8 Å². The summed E-state index contributed by atoms with van der Waals surface area (Å²) in [4.78, 5) is 24.9. The molecule has 0 bridgehead atoms. The molecule has 2 heterocycles. The number of ether oxygens (including phenoxy) is 2. The Balaban J connectivity index is 1.78. The Kier molecular flexibility index (Phi) is 3.50. The van der Waals surface area contributed by atoms with Crippen LogP contribution >= 0.6 is 0 Å². The average Bonchev–Trinajstić information content (AvgIpc) is 2.92. The lowest BCUT2D eigenvalue weighted by atomic mass is 10.1. The van der Waals surface area contributed by atoms with Crippen LogP contribution in [0, 0.1) is 5.82 Å². The fraction of sp³-hybridized carbons (Fsp3) is 0.429. The van der Waals surface area contributed by atoms with Crippen molar-refractivity contribution >= 4 is 11.9 Å². The van der Waals surface area contributed by atoms with Crippen molar-refractivity contribution in [2.75, 3.05) is 19.8 Å². The number of halogens is 1. The topological polar surface area (TPSA) is 76.1 Å². The molecule has 6 nitrogen and oxygen atoms in total. The van der Waals surface area contributed by atoms with Gasteiger partial charge in [-0.05, 0) is 6.07 Å². The van der Waals surface area contributed by atoms with Crippen LogP contribution in [0.4, 0.5) is 4.39 Å². The van der Waals surface area contributed by atoms with Gasteiger partial charge in [-0.3, -0.25) is 4.79 Å². The van der Waals surface area contributed by atoms with Crippen LogP contribution in [0.15, 0.2) is 18.2 Å². The van der Waals surface area contributed by atoms with E-state index in [4.69, 9.17) is 14.6 Å². The predicted molar refractivity (Wildman–Crippen MR) is 68.5 cm³/mol. The summed E-state index contributed by atoms with van der Waals surface area (Å²) in [7, 11) is 0. The molecule has 0 aromatic heterocycles. The minimum Gasteiger partial charge on any atom is -0.480 e. The number of aliphatic carboxylic acids is 1. The maximum absolute atomic E-state index is 13.6. The van der Waals surface area contributed by atoms with Crippen molar-refractivity contribution in [3.05, 3.63) is 29.6 Å². The first kappa shape index (κ1) is 13.8. The lowest BCUT2D eigenvalue weighted by Crippen LogP contribution is -2.56. The Morgan fingerprint density at radius 2 is 2.19 bits per heavy atom. The fourth-order valence-electron chi connectivity index (χ4n) is 2.62. The second-order valence-electron chi connectivity index (χ2n) is 5.00. The number of nitrogens with zero attached hydrogens (tertiary/aromatic N) is 1. The first-order chi connectivity index (χ1) is 10.1. The average molecular weight is 295 g/mol. The van der Waals surface area contributed by atoms with Crippen molar-refractivity contribution < 1.29 is 28.6 Å². The van der Waals surface area contributed by atoms with Crippen LogP contribution < -0.4 is 4.74 Å². The van der Waals surface area contributed by atoms with Crippen molar-refractivity contribution in [2.45, 2.75) is 18.6 Å². The minimum absolute atomic E-state index is 0.0465. The molecule has 1 amide bonds. The number of morpholine rings is 1. The van der Waals surface area contributed by atoms with E-state index in [1.807, 2.05) is 0 Å². The highest BCUT2D eigenvalue weighted by molar-refractivity contribution is 5.87. The Morgan fingerprint density at radius 1 is 1.38 bits per heavy atom. The molecule has 2 aliphatic heterocycles. The standard InChI is InChI=1S/C14H14FNO5/c15-9-3-1-2-8-6-11(21-12(8)9)13(17)16-4-5-20-7-10(16)14(18)19/h1-3,10-11H,4-7H2,(H,18,19)/t10-,11+/m0/s1. The zero-order valence-corrected chi connectivity index (χ0v) is 11.1. The van der Waals surface area contributed by atoms with Crippen LogP contribution in [-0.2, 0) is 20.7 Å². The molecule has 1 saturated heterocycles. The highest BCUT2D eigenvalue weighted by atomic mass is 19.1. The van der Waals surface area contributed by atoms with E-state index in [1.54, 1.807) is 12.1 Å². The normalized spacial score (nSPS) is 24.3. The number of rotatable bonds is 2. The minimum atomic E-state index is -1.12. The molecule has 7 heteroatoms. The molecule has 0 saturated carbocycles. The molecule has 21 heavy (non-hydrogen) atoms. The van der Waals surface area contributed by atoms with Crippen LogP contribution in [0.2, 0.25) is 0 Å². The lowest BCUT2D eigenvalue weighted by molar-refractivity contribution is -0.161. The molecule has 2 atom stereocenters. The predicted octanol–water partition coefficient (Wildman–Crippen LogP) is 0.441. The van der Waals surface area contributed by atoms with Crippen molar-refractivity contribution in [1.29, 1.82) is 0 Å². The second-order valence-corrected chi connectivity index (χ2v) is 5.00. The van der Waals surface area contributed by atoms with Crippen LogP contribution in [0.5, 0.6) is 5.75 Å². The van der Waals surface area contributed by atoms with Gasteiger partial charge in [0.15, 0.2) is 23.7 Å². The summed E-state index contributed by atoms with van der Waals surface area (Å²) < 4.78 is 24.1. The van der Waals surface area contributed by atoms with Gasteiger partial charge in [0.1, 0.15) is 0 Å². The highest BCUT2D eigenvalue weighted by Crippen LogP contribution is 2.32. The van der Waals surface area contributed by atoms with Crippen molar-refractivity contribution in [1.82, 2.24) is 4.90 Å². The molecule has 3 rings (SSSR count). The van der Waals surface area contributed by atoms with Gasteiger partial charge >= 0.3 is 5.97 Å². The lowest BCUT2D eigenvalue weighted by Gasteiger charge is -2.34. The van der Waals surface area contributed by atoms with E-state index in [1.165, 1.54) is 11.0 Å². The first-order valence-electron chi connectivity index (χ1n) is 6.63. The molecule has 1 N–H and O–H groups in total. The van der Waals surface area contributed by atoms with Gasteiger partial charge in [0.2, 0.25) is 0 Å². The number of fused-ring (bicyclic) bond motifs is 1. The summed E-state index contributed by atoms with van der Waals surface area (Å²) in [6, 6.07) is 3.49. The molecular weight excluding hydrogens is 281 g/mol. The Morgan fingerprint density at radius 3 is 2.90 bits per heavy atom. The quantitative estimate of drug-likeness (QED) is 0.857. The van der Waals surface area contributed by atoms with Gasteiger partial charge in [0.05, 0.1) is 13.2 Å². The molecule has 0 aliphatic carbocycles. The number of hydrogen-bond acceptors (Lipinski definition) is 4. The third kappa shape index (κ3) is 2.44. The van der Waals surface area contributed by atoms with Crippen LogP contribution in [0.1, 0.15) is 5.56 Å². The van der Waals surface area contributed by atoms with E-state index in [0.29, 0.717) is 5.56 Å². The van der Waals surface area contributed by atoms with Gasteiger partial charge in [-0.25, -0.2) is 9.18 Å². The van der Waals surface area contributed by atoms with Gasteiger partial charge in [-0.1, -0.05) is 12.1 Å². The number of carbonyl (C=O) groups excluding carboxylic acids is 1. The van der Waals surface area contributed by atoms with E-state index in [2.05, 4.69) is 0 Å². The van der Waals surface area contributed by atoms with Gasteiger partial charge in [0.25, 0.3) is 5.91 Å². The van der Waals surface area contributed by atoms with Crippen LogP contribution in [0.25, 0.3) is 0 Å². The molecule has 0 unspecified atom stereocenters. The van der Waals surface area contributed by atoms with Crippen molar-refractivity contribution in [2.24, 2.45) is 0 Å². The zero-order valence-electron chi connectivity index (χ0n) is 11.1. The molecule has 2 aliphatic rings. The zero-order chi connectivity index (χ0) is 15.0. The summed E-state index contributed by atoms with van der Waals surface area (Å²) in [5.41, 5.74) is 0.619. The van der Waals surface area contributed by atoms with E-state index >= 15 is 0 Å². The van der Waals surface area contributed by atoms with Gasteiger partial charge in [-0.15, -0.1) is 0 Å². The van der Waals surface area contributed by atoms with Crippen molar-refractivity contribution in [3.63, 3.8) is 0 Å². The molecule has 1 aromatic rings. The molecule has 0 radical (unpaired) electrons. The van der Waals surface area contributed by atoms with Crippen LogP contribution in [0.3, 0.4) is 0 Å². The maximum Gasteiger partial charge on any atom is 0.328 e. The summed E-state index contributed by atoms with van der Waals surface area (Å²) >= 11 is 0. The SMILES string of the molecule is O=C(O)[C@@H]1COCCN1C(=O)[C@H]1Cc2cccc(F)c2O1. The van der Waals surface area contributed by atoms with Gasteiger partial charge in [-0.2, -0.15) is 0 Å². The second kappa shape index (κ2) is 5.33. The third-order valence-corrected chi connectivity index (χ3v) is 3.69. The summed E-state index contributed by atoms with van der Waals surface area (Å²) in [5.74, 6) is -2.00. The number of amides is 1. The van der Waals surface area contributed by atoms with Gasteiger partial charge in [0, 0.05) is 18.5 Å². The highest BCUT2D eigenvalue weighted by Gasteiger charge is 2.40. The number of hydrogen-bond donors (Lipinski definition) is 1. The monoisotopic (exact) mass is 295 g/mol. The number of carboxylic acids is 1. The van der Waals surface area contributed by atoms with E-state index in [-0.39, 0.29) is 31.9 Å². The molecular formula is C14H14FNO5. The number of carbonyl (C=O) groups is 2. The summed E-state index contributed by atoms with van der Waals surface area (Å²) in [6.07, 6.45) is -0.632. The van der Waals surface area contributed by atoms with E-state index in [0.717, 1.165) is 0 Å². The van der Waals surface area contributed by atoms with Crippen molar-refractivity contribution in [3.8, 4) is 5.75 Å². The number of para-hydroxylation sites is 1. The Labute approximate surface area is 120 Å². The molecule has 112 valence electrons. The molecule has 1 fully saturated rings. The maximum atomic E-state index is 13.6.